The van der Waals surface area contributed by atoms with Gasteiger partial charge < -0.3 is 24.8 Å². The molecule has 0 bridgehead atoms. The number of guanidine groups is 1. The summed E-state index contributed by atoms with van der Waals surface area (Å²) in [4.78, 5) is 9.54. The Hall–Kier alpha value is -1.30. The Morgan fingerprint density at radius 1 is 1.00 bits per heavy atom. The molecule has 2 saturated heterocycles. The molecule has 2 aliphatic rings. The third kappa shape index (κ3) is 7.87. The van der Waals surface area contributed by atoms with E-state index < -0.39 is 0 Å². The van der Waals surface area contributed by atoms with Gasteiger partial charge in [-0.3, -0.25) is 14.8 Å². The van der Waals surface area contributed by atoms with Crippen molar-refractivity contribution in [3.05, 3.63) is 23.8 Å². The van der Waals surface area contributed by atoms with Gasteiger partial charge >= 0.3 is 0 Å². The van der Waals surface area contributed by atoms with Crippen LogP contribution in [0.25, 0.3) is 0 Å². The van der Waals surface area contributed by atoms with E-state index in [-0.39, 0.29) is 30.0 Å². The highest BCUT2D eigenvalue weighted by atomic mass is 127. The predicted octanol–water partition coefficient (Wildman–Crippen LogP) is 2.73. The van der Waals surface area contributed by atoms with E-state index in [1.165, 1.54) is 31.5 Å². The molecule has 0 aliphatic carbocycles. The number of benzene rings is 1. The summed E-state index contributed by atoms with van der Waals surface area (Å²) >= 11 is 0. The average Bonchev–Trinajstić information content (AvgIpc) is 3.38. The summed E-state index contributed by atoms with van der Waals surface area (Å²) < 4.78 is 16.6. The summed E-state index contributed by atoms with van der Waals surface area (Å²) in [6.07, 6.45) is 3.78. The molecule has 2 fully saturated rings. The highest BCUT2D eigenvalue weighted by molar-refractivity contribution is 14.0. The molecule has 33 heavy (non-hydrogen) atoms. The molecule has 2 unspecified atom stereocenters. The number of halogens is 1. The molecular weight excluding hydrogens is 533 g/mol. The number of aliphatic imine (C=N–C) groups is 1. The molecule has 0 radical (unpaired) electrons. The molecule has 188 valence electrons. The van der Waals surface area contributed by atoms with Crippen molar-refractivity contribution < 1.29 is 14.2 Å². The van der Waals surface area contributed by atoms with Crippen LogP contribution in [0, 0.1) is 0 Å². The van der Waals surface area contributed by atoms with Gasteiger partial charge in [-0.25, -0.2) is 0 Å². The highest BCUT2D eigenvalue weighted by Gasteiger charge is 2.25. The van der Waals surface area contributed by atoms with Crippen LogP contribution in [0.1, 0.15) is 37.8 Å². The number of methoxy groups -OCH3 is 2. The van der Waals surface area contributed by atoms with Crippen molar-refractivity contribution in [1.82, 2.24) is 20.4 Å². The van der Waals surface area contributed by atoms with Gasteiger partial charge in [-0.15, -0.1) is 24.0 Å². The SMILES string of the molecule is CCC(CNC(=NC)NCC(c1ccc(OC)c(OC)c1)N1CCOCC1)N1CCCC1.I. The fourth-order valence-electron chi connectivity index (χ4n) is 4.67. The van der Waals surface area contributed by atoms with Crippen LogP contribution in [-0.2, 0) is 4.74 Å². The maximum atomic E-state index is 5.59. The van der Waals surface area contributed by atoms with Crippen LogP contribution >= 0.6 is 24.0 Å². The van der Waals surface area contributed by atoms with Crippen LogP contribution in [0.5, 0.6) is 11.5 Å². The standard InChI is InChI=1S/C24H41N5O3.HI/c1-5-20(28-10-6-7-11-28)17-26-24(25-2)27-18-21(29-12-14-32-15-13-29)19-8-9-22(30-3)23(16-19)31-4;/h8-9,16,20-21H,5-7,10-15,17-18H2,1-4H3,(H2,25,26,27);1H. The number of rotatable bonds is 10. The molecule has 2 aliphatic heterocycles. The monoisotopic (exact) mass is 575 g/mol. The van der Waals surface area contributed by atoms with E-state index in [2.05, 4.69) is 44.5 Å². The number of likely N-dealkylation sites (tertiary alicyclic amines) is 1. The maximum absolute atomic E-state index is 5.59. The summed E-state index contributed by atoms with van der Waals surface area (Å²) in [7, 11) is 5.19. The van der Waals surface area contributed by atoms with Gasteiger partial charge in [0.05, 0.1) is 33.5 Å². The second kappa shape index (κ2) is 14.9. The Morgan fingerprint density at radius 2 is 1.67 bits per heavy atom. The number of nitrogens with zero attached hydrogens (tertiary/aromatic N) is 3. The van der Waals surface area contributed by atoms with Crippen molar-refractivity contribution in [2.45, 2.75) is 38.3 Å². The van der Waals surface area contributed by atoms with E-state index in [4.69, 9.17) is 14.2 Å². The lowest BCUT2D eigenvalue weighted by Crippen LogP contribution is -2.49. The van der Waals surface area contributed by atoms with Crippen LogP contribution in [0.4, 0.5) is 0 Å². The normalized spacial score (nSPS) is 19.5. The van der Waals surface area contributed by atoms with E-state index in [0.717, 1.165) is 63.3 Å². The fraction of sp³-hybridized carbons (Fsp3) is 0.708. The van der Waals surface area contributed by atoms with Crippen molar-refractivity contribution in [2.75, 3.05) is 73.7 Å². The second-order valence-electron chi connectivity index (χ2n) is 8.42. The minimum Gasteiger partial charge on any atom is -0.493 e. The van der Waals surface area contributed by atoms with Crippen LogP contribution < -0.4 is 20.1 Å². The lowest BCUT2D eigenvalue weighted by atomic mass is 10.0. The molecule has 0 amide bonds. The second-order valence-corrected chi connectivity index (χ2v) is 8.42. The zero-order valence-corrected chi connectivity index (χ0v) is 23.0. The van der Waals surface area contributed by atoms with Crippen molar-refractivity contribution in [2.24, 2.45) is 4.99 Å². The zero-order chi connectivity index (χ0) is 22.8. The summed E-state index contributed by atoms with van der Waals surface area (Å²) in [6, 6.07) is 6.92. The molecule has 9 heteroatoms. The summed E-state index contributed by atoms with van der Waals surface area (Å²) in [5.74, 6) is 2.35. The van der Waals surface area contributed by atoms with Crippen LogP contribution in [0.15, 0.2) is 23.2 Å². The minimum atomic E-state index is 0. The summed E-state index contributed by atoms with van der Waals surface area (Å²) in [5.41, 5.74) is 1.19. The quantitative estimate of drug-likeness (QED) is 0.253. The van der Waals surface area contributed by atoms with Crippen molar-refractivity contribution in [1.29, 1.82) is 0 Å². The Kier molecular flexibility index (Phi) is 12.6. The van der Waals surface area contributed by atoms with Gasteiger partial charge in [-0.05, 0) is 50.0 Å². The molecule has 8 nitrogen and oxygen atoms in total. The fourth-order valence-corrected chi connectivity index (χ4v) is 4.67. The molecule has 2 atom stereocenters. The molecule has 0 saturated carbocycles. The lowest BCUT2D eigenvalue weighted by molar-refractivity contribution is 0.0169. The predicted molar refractivity (Wildman–Crippen MR) is 144 cm³/mol. The smallest absolute Gasteiger partial charge is 0.191 e. The zero-order valence-electron chi connectivity index (χ0n) is 20.6. The third-order valence-electron chi connectivity index (χ3n) is 6.60. The largest absolute Gasteiger partial charge is 0.493 e. The Balaban J connectivity index is 0.00000385. The maximum Gasteiger partial charge on any atom is 0.191 e. The van der Waals surface area contributed by atoms with Gasteiger partial charge in [-0.1, -0.05) is 13.0 Å². The lowest BCUT2D eigenvalue weighted by Gasteiger charge is -2.35. The van der Waals surface area contributed by atoms with Gasteiger partial charge in [0.1, 0.15) is 0 Å². The molecule has 0 aromatic heterocycles. The van der Waals surface area contributed by atoms with Gasteiger partial charge in [0.15, 0.2) is 17.5 Å². The molecular formula is C24H42IN5O3. The molecule has 1 aromatic carbocycles. The first-order valence-corrected chi connectivity index (χ1v) is 11.9. The molecule has 0 spiro atoms. The van der Waals surface area contributed by atoms with Gasteiger partial charge in [0, 0.05) is 39.3 Å². The van der Waals surface area contributed by atoms with E-state index in [1.807, 2.05) is 13.1 Å². The first-order chi connectivity index (χ1) is 15.7. The van der Waals surface area contributed by atoms with Gasteiger partial charge in [-0.2, -0.15) is 0 Å². The van der Waals surface area contributed by atoms with E-state index in [0.29, 0.717) is 6.04 Å². The first-order valence-electron chi connectivity index (χ1n) is 11.9. The number of hydrogen-bond acceptors (Lipinski definition) is 6. The van der Waals surface area contributed by atoms with Crippen LogP contribution in [0.3, 0.4) is 0 Å². The van der Waals surface area contributed by atoms with E-state index in [9.17, 15) is 0 Å². The van der Waals surface area contributed by atoms with Crippen molar-refractivity contribution >= 4 is 29.9 Å². The summed E-state index contributed by atoms with van der Waals surface area (Å²) in [6.45, 7) is 9.67. The first kappa shape index (κ1) is 27.9. The average molecular weight is 576 g/mol. The Labute approximate surface area is 216 Å². The molecule has 1 aromatic rings. The Morgan fingerprint density at radius 3 is 2.27 bits per heavy atom. The van der Waals surface area contributed by atoms with Crippen molar-refractivity contribution in [3.63, 3.8) is 0 Å². The highest BCUT2D eigenvalue weighted by Crippen LogP contribution is 2.32. The van der Waals surface area contributed by atoms with Crippen LogP contribution in [-0.4, -0.2) is 95.6 Å². The number of nitrogens with one attached hydrogen (secondary N) is 2. The minimum absolute atomic E-state index is 0. The molecule has 2 N–H and O–H groups in total. The third-order valence-corrected chi connectivity index (χ3v) is 6.60. The van der Waals surface area contributed by atoms with Gasteiger partial charge in [0.25, 0.3) is 0 Å². The molecule has 3 rings (SSSR count). The topological polar surface area (TPSA) is 70.6 Å². The van der Waals surface area contributed by atoms with E-state index >= 15 is 0 Å². The van der Waals surface area contributed by atoms with Gasteiger partial charge in [0.2, 0.25) is 0 Å². The Bertz CT molecular complexity index is 724. The number of ether oxygens (including phenoxy) is 3. The van der Waals surface area contributed by atoms with Crippen molar-refractivity contribution in [3.8, 4) is 11.5 Å². The van der Waals surface area contributed by atoms with E-state index in [1.54, 1.807) is 14.2 Å². The van der Waals surface area contributed by atoms with Crippen LogP contribution in [0.2, 0.25) is 0 Å². The summed E-state index contributed by atoms with van der Waals surface area (Å²) in [5, 5.41) is 7.12. The number of morpholine rings is 1. The number of hydrogen-bond donors (Lipinski definition) is 2. The molecule has 2 heterocycles.